The average Bonchev–Trinajstić information content (AvgIpc) is 3.21. The van der Waals surface area contributed by atoms with Crippen LogP contribution in [0.25, 0.3) is 0 Å². The number of nitrogens with zero attached hydrogens (tertiary/aromatic N) is 3. The predicted octanol–water partition coefficient (Wildman–Crippen LogP) is 0.759. The van der Waals surface area contributed by atoms with E-state index in [1.807, 2.05) is 18.2 Å². The summed E-state index contributed by atoms with van der Waals surface area (Å²) in [6, 6.07) is 7.97. The average molecular weight is 394 g/mol. The number of hydrogen-bond acceptors (Lipinski definition) is 8. The van der Waals surface area contributed by atoms with Crippen molar-refractivity contribution in [1.82, 2.24) is 25.4 Å². The van der Waals surface area contributed by atoms with Gasteiger partial charge in [0.25, 0.3) is 0 Å². The number of nitrogens with one attached hydrogen (secondary N) is 2. The van der Waals surface area contributed by atoms with Gasteiger partial charge in [0.1, 0.15) is 24.8 Å². The Balaban J connectivity index is 1.32. The molecule has 1 aliphatic heterocycles. The zero-order chi connectivity index (χ0) is 18.7. The summed E-state index contributed by atoms with van der Waals surface area (Å²) in [5, 5.41) is 21.1. The topological polar surface area (TPSA) is 95.5 Å². The van der Waals surface area contributed by atoms with Crippen molar-refractivity contribution < 1.29 is 14.6 Å². The largest absolute Gasteiger partial charge is 0.491 e. The summed E-state index contributed by atoms with van der Waals surface area (Å²) in [7, 11) is 0. The number of aromatic amines is 1. The van der Waals surface area contributed by atoms with Crippen LogP contribution in [0.15, 0.2) is 35.7 Å². The molecule has 1 fully saturated rings. The molecule has 0 aliphatic carbocycles. The smallest absolute Gasteiger partial charge is 0.183 e. The Morgan fingerprint density at radius 1 is 1.37 bits per heavy atom. The molecule has 1 atom stereocenters. The monoisotopic (exact) mass is 393 g/mol. The second-order valence-corrected chi connectivity index (χ2v) is 7.42. The molecule has 27 heavy (non-hydrogen) atoms. The van der Waals surface area contributed by atoms with Crippen molar-refractivity contribution in [1.29, 1.82) is 0 Å². The fourth-order valence-corrected chi connectivity index (χ4v) is 3.47. The molecule has 1 aliphatic rings. The third kappa shape index (κ3) is 7.47. The van der Waals surface area contributed by atoms with E-state index >= 15 is 0 Å². The Bertz CT molecular complexity index is 652. The van der Waals surface area contributed by atoms with E-state index in [0.717, 1.165) is 61.6 Å². The molecule has 3 rings (SSSR count). The molecular weight excluding hydrogens is 366 g/mol. The van der Waals surface area contributed by atoms with Gasteiger partial charge in [-0.1, -0.05) is 23.9 Å². The van der Waals surface area contributed by atoms with Gasteiger partial charge in [-0.25, -0.2) is 4.98 Å². The highest BCUT2D eigenvalue weighted by Gasteiger charge is 2.15. The molecule has 0 spiro atoms. The number of rotatable bonds is 11. The van der Waals surface area contributed by atoms with Crippen LogP contribution >= 0.6 is 11.8 Å². The number of benzene rings is 1. The molecule has 0 saturated carbocycles. The molecule has 0 amide bonds. The quantitative estimate of drug-likeness (QED) is 0.380. The Morgan fingerprint density at radius 2 is 2.26 bits per heavy atom. The van der Waals surface area contributed by atoms with Gasteiger partial charge in [0.15, 0.2) is 5.16 Å². The Hall–Kier alpha value is -1.65. The third-order valence-corrected chi connectivity index (χ3v) is 5.03. The van der Waals surface area contributed by atoms with E-state index in [-0.39, 0.29) is 0 Å². The van der Waals surface area contributed by atoms with Gasteiger partial charge in [0, 0.05) is 38.5 Å². The number of thioether (sulfide) groups is 1. The maximum atomic E-state index is 10.2. The number of aliphatic hydroxyl groups is 1. The van der Waals surface area contributed by atoms with Crippen LogP contribution in [0.3, 0.4) is 0 Å². The van der Waals surface area contributed by atoms with E-state index in [0.29, 0.717) is 13.2 Å². The number of hydrogen-bond donors (Lipinski definition) is 3. The lowest BCUT2D eigenvalue weighted by Crippen LogP contribution is -2.42. The summed E-state index contributed by atoms with van der Waals surface area (Å²) in [6.45, 7) is 5.76. The van der Waals surface area contributed by atoms with Crippen LogP contribution in [0.5, 0.6) is 5.75 Å². The highest BCUT2D eigenvalue weighted by Crippen LogP contribution is 2.14. The molecule has 1 saturated heterocycles. The number of ether oxygens (including phenoxy) is 2. The number of aliphatic hydroxyl groups excluding tert-OH is 1. The Kier molecular flexibility index (Phi) is 8.37. The first-order valence-electron chi connectivity index (χ1n) is 9.18. The molecule has 2 heterocycles. The van der Waals surface area contributed by atoms with Crippen LogP contribution < -0.4 is 10.1 Å². The maximum absolute atomic E-state index is 10.2. The van der Waals surface area contributed by atoms with Crippen molar-refractivity contribution in [3.8, 4) is 5.75 Å². The van der Waals surface area contributed by atoms with Crippen LogP contribution in [0.2, 0.25) is 0 Å². The molecule has 1 aromatic carbocycles. The molecule has 8 nitrogen and oxygen atoms in total. The van der Waals surface area contributed by atoms with Crippen LogP contribution in [0.1, 0.15) is 5.56 Å². The second-order valence-electron chi connectivity index (χ2n) is 6.34. The standard InChI is InChI=1S/C18H27N5O3S/c24-16(12-23-5-7-25-8-6-23)13-26-17-3-1-2-15(10-17)11-19-4-9-27-18-20-14-21-22-18/h1-3,10,14,16,19,24H,4-9,11-13H2,(H,20,21,22)/t16-/m0/s1. The van der Waals surface area contributed by atoms with E-state index in [4.69, 9.17) is 9.47 Å². The summed E-state index contributed by atoms with van der Waals surface area (Å²) >= 11 is 1.63. The number of β-amino-alcohol motifs (C(OH)–C–C–N with tert-alkyl or cyclic N) is 1. The molecule has 3 N–H and O–H groups in total. The highest BCUT2D eigenvalue weighted by atomic mass is 32.2. The van der Waals surface area contributed by atoms with E-state index in [2.05, 4.69) is 31.5 Å². The molecule has 148 valence electrons. The van der Waals surface area contributed by atoms with Gasteiger partial charge in [0.05, 0.1) is 13.2 Å². The molecular formula is C18H27N5O3S. The first-order chi connectivity index (χ1) is 13.3. The van der Waals surface area contributed by atoms with E-state index in [1.54, 1.807) is 11.8 Å². The van der Waals surface area contributed by atoms with Crippen molar-refractivity contribution in [2.75, 3.05) is 51.8 Å². The third-order valence-electron chi connectivity index (χ3n) is 4.15. The van der Waals surface area contributed by atoms with Gasteiger partial charge in [-0.15, -0.1) is 0 Å². The van der Waals surface area contributed by atoms with Crippen molar-refractivity contribution >= 4 is 11.8 Å². The number of H-pyrrole nitrogens is 1. The zero-order valence-electron chi connectivity index (χ0n) is 15.3. The lowest BCUT2D eigenvalue weighted by molar-refractivity contribution is 0.00465. The summed E-state index contributed by atoms with van der Waals surface area (Å²) < 4.78 is 11.1. The van der Waals surface area contributed by atoms with Crippen LogP contribution in [-0.2, 0) is 11.3 Å². The summed E-state index contributed by atoms with van der Waals surface area (Å²) in [5.74, 6) is 1.70. The predicted molar refractivity (Wildman–Crippen MR) is 104 cm³/mol. The number of aromatic nitrogens is 3. The molecule has 0 unspecified atom stereocenters. The lowest BCUT2D eigenvalue weighted by Gasteiger charge is -2.28. The van der Waals surface area contributed by atoms with Gasteiger partial charge >= 0.3 is 0 Å². The molecule has 1 aromatic heterocycles. The van der Waals surface area contributed by atoms with E-state index < -0.39 is 6.10 Å². The first-order valence-corrected chi connectivity index (χ1v) is 10.2. The van der Waals surface area contributed by atoms with Crippen LogP contribution in [0, 0.1) is 0 Å². The van der Waals surface area contributed by atoms with Gasteiger partial charge < -0.3 is 19.9 Å². The fraction of sp³-hybridized carbons (Fsp3) is 0.556. The van der Waals surface area contributed by atoms with Gasteiger partial charge in [-0.3, -0.25) is 10.00 Å². The summed E-state index contributed by atoms with van der Waals surface area (Å²) in [4.78, 5) is 6.28. The molecule has 2 aromatic rings. The maximum Gasteiger partial charge on any atom is 0.183 e. The zero-order valence-corrected chi connectivity index (χ0v) is 16.2. The second kappa shape index (κ2) is 11.3. The summed E-state index contributed by atoms with van der Waals surface area (Å²) in [5.41, 5.74) is 1.15. The van der Waals surface area contributed by atoms with Crippen molar-refractivity contribution in [2.45, 2.75) is 17.8 Å². The minimum atomic E-state index is -0.502. The normalized spacial score (nSPS) is 16.3. The minimum Gasteiger partial charge on any atom is -0.491 e. The SMILES string of the molecule is O[C@H](COc1cccc(CNCCSc2ncn[nH]2)c1)CN1CCOCC1. The fourth-order valence-electron chi connectivity index (χ4n) is 2.79. The number of morpholine rings is 1. The van der Waals surface area contributed by atoms with Gasteiger partial charge in [-0.05, 0) is 17.7 Å². The van der Waals surface area contributed by atoms with Crippen molar-refractivity contribution in [3.63, 3.8) is 0 Å². The van der Waals surface area contributed by atoms with E-state index in [1.165, 1.54) is 6.33 Å². The molecule has 0 radical (unpaired) electrons. The van der Waals surface area contributed by atoms with Crippen molar-refractivity contribution in [2.24, 2.45) is 0 Å². The first kappa shape index (κ1) is 20.1. The van der Waals surface area contributed by atoms with Gasteiger partial charge in [-0.2, -0.15) is 5.10 Å². The van der Waals surface area contributed by atoms with Gasteiger partial charge in [0.2, 0.25) is 0 Å². The van der Waals surface area contributed by atoms with E-state index in [9.17, 15) is 5.11 Å². The molecule has 9 heteroatoms. The highest BCUT2D eigenvalue weighted by molar-refractivity contribution is 7.99. The summed E-state index contributed by atoms with van der Waals surface area (Å²) in [6.07, 6.45) is 1.01. The molecule has 0 bridgehead atoms. The Labute approximate surface area is 163 Å². The van der Waals surface area contributed by atoms with Crippen LogP contribution in [-0.4, -0.2) is 83.0 Å². The van der Waals surface area contributed by atoms with Crippen LogP contribution in [0.4, 0.5) is 0 Å². The minimum absolute atomic E-state index is 0.294. The van der Waals surface area contributed by atoms with Crippen molar-refractivity contribution in [3.05, 3.63) is 36.2 Å². The Morgan fingerprint density at radius 3 is 3.07 bits per heavy atom. The lowest BCUT2D eigenvalue weighted by atomic mass is 10.2.